The molecule has 0 saturated carbocycles. The molecule has 2 aromatic heterocycles. The molecule has 0 aromatic carbocycles. The Morgan fingerprint density at radius 2 is 2.28 bits per heavy atom. The molecule has 3 rings (SSSR count). The van der Waals surface area contributed by atoms with Crippen LogP contribution in [0.15, 0.2) is 24.8 Å². The Bertz CT molecular complexity index is 545. The van der Waals surface area contributed by atoms with E-state index >= 15 is 0 Å². The number of nitrogens with one attached hydrogen (secondary N) is 1. The van der Waals surface area contributed by atoms with E-state index in [1.807, 2.05) is 13.2 Å². The third kappa shape index (κ3) is 1.79. The average molecular weight is 245 g/mol. The molecule has 6 nitrogen and oxygen atoms in total. The quantitative estimate of drug-likeness (QED) is 0.860. The van der Waals surface area contributed by atoms with Gasteiger partial charge in [0.1, 0.15) is 0 Å². The molecule has 1 amide bonds. The fourth-order valence-electron chi connectivity index (χ4n) is 2.40. The fraction of sp³-hybridized carbons (Fsp3) is 0.417. The molecule has 0 bridgehead atoms. The van der Waals surface area contributed by atoms with Crippen LogP contribution in [-0.2, 0) is 4.79 Å². The minimum absolute atomic E-state index is 0.214. The number of aromatic nitrogens is 4. The van der Waals surface area contributed by atoms with Gasteiger partial charge in [0.2, 0.25) is 5.91 Å². The topological polar surface area (TPSA) is 66.8 Å². The monoisotopic (exact) mass is 245 g/mol. The SMILES string of the molecule is CN1CC(n2ccnc2-c2ncc[nH]2)CCC1=O. The summed E-state index contributed by atoms with van der Waals surface area (Å²) in [6.07, 6.45) is 8.67. The second-order valence-corrected chi connectivity index (χ2v) is 4.56. The number of H-pyrrole nitrogens is 1. The molecule has 1 unspecified atom stereocenters. The van der Waals surface area contributed by atoms with Crippen LogP contribution in [0.4, 0.5) is 0 Å². The van der Waals surface area contributed by atoms with Crippen molar-refractivity contribution in [3.05, 3.63) is 24.8 Å². The van der Waals surface area contributed by atoms with Gasteiger partial charge < -0.3 is 14.5 Å². The molecule has 2 aromatic rings. The molecule has 0 radical (unpaired) electrons. The van der Waals surface area contributed by atoms with Gasteiger partial charge in [-0.15, -0.1) is 0 Å². The van der Waals surface area contributed by atoms with Crippen molar-refractivity contribution in [1.29, 1.82) is 0 Å². The second kappa shape index (κ2) is 4.29. The number of rotatable bonds is 2. The molecule has 1 atom stereocenters. The Hall–Kier alpha value is -2.11. The van der Waals surface area contributed by atoms with Gasteiger partial charge in [0, 0.05) is 44.8 Å². The van der Waals surface area contributed by atoms with Gasteiger partial charge in [0.15, 0.2) is 11.6 Å². The molecule has 1 saturated heterocycles. The maximum absolute atomic E-state index is 11.5. The number of amides is 1. The van der Waals surface area contributed by atoms with E-state index in [9.17, 15) is 4.79 Å². The van der Waals surface area contributed by atoms with Crippen molar-refractivity contribution >= 4 is 5.91 Å². The molecule has 3 heterocycles. The zero-order valence-corrected chi connectivity index (χ0v) is 10.2. The number of hydrogen-bond donors (Lipinski definition) is 1. The van der Waals surface area contributed by atoms with E-state index in [1.165, 1.54) is 0 Å². The van der Waals surface area contributed by atoms with E-state index in [2.05, 4.69) is 19.5 Å². The molecule has 6 heteroatoms. The summed E-state index contributed by atoms with van der Waals surface area (Å²) in [6, 6.07) is 0.273. The number of imidazole rings is 2. The van der Waals surface area contributed by atoms with Crippen molar-refractivity contribution in [3.8, 4) is 11.6 Å². The van der Waals surface area contributed by atoms with Crippen LogP contribution in [0, 0.1) is 0 Å². The first kappa shape index (κ1) is 11.0. The summed E-state index contributed by atoms with van der Waals surface area (Å²) >= 11 is 0. The zero-order valence-electron chi connectivity index (χ0n) is 10.2. The standard InChI is InChI=1S/C12H15N5O/c1-16-8-9(2-3-10(16)18)17-7-6-15-12(17)11-13-4-5-14-11/h4-7,9H,2-3,8H2,1H3,(H,13,14). The van der Waals surface area contributed by atoms with Crippen LogP contribution in [0.25, 0.3) is 11.6 Å². The lowest BCUT2D eigenvalue weighted by molar-refractivity contribution is -0.132. The van der Waals surface area contributed by atoms with Crippen molar-refractivity contribution < 1.29 is 4.79 Å². The van der Waals surface area contributed by atoms with Gasteiger partial charge in [0.25, 0.3) is 0 Å². The summed E-state index contributed by atoms with van der Waals surface area (Å²) in [4.78, 5) is 24.9. The number of likely N-dealkylation sites (N-methyl/N-ethyl adjacent to an activating group) is 1. The molecule has 0 aliphatic carbocycles. The lowest BCUT2D eigenvalue weighted by Gasteiger charge is -2.31. The highest BCUT2D eigenvalue weighted by Crippen LogP contribution is 2.25. The van der Waals surface area contributed by atoms with Gasteiger partial charge in [-0.3, -0.25) is 4.79 Å². The lowest BCUT2D eigenvalue weighted by Crippen LogP contribution is -2.37. The van der Waals surface area contributed by atoms with E-state index in [-0.39, 0.29) is 11.9 Å². The molecule has 1 N–H and O–H groups in total. The molecule has 1 aliphatic heterocycles. The molecule has 18 heavy (non-hydrogen) atoms. The molecular formula is C12H15N5O. The molecule has 94 valence electrons. The molecule has 1 fully saturated rings. The lowest BCUT2D eigenvalue weighted by atomic mass is 10.1. The van der Waals surface area contributed by atoms with Crippen molar-refractivity contribution in [3.63, 3.8) is 0 Å². The van der Waals surface area contributed by atoms with Crippen LogP contribution in [0.2, 0.25) is 0 Å². The third-order valence-corrected chi connectivity index (χ3v) is 3.37. The largest absolute Gasteiger partial charge is 0.344 e. The zero-order chi connectivity index (χ0) is 12.5. The molecular weight excluding hydrogens is 230 g/mol. The van der Waals surface area contributed by atoms with Crippen LogP contribution in [0.5, 0.6) is 0 Å². The summed E-state index contributed by atoms with van der Waals surface area (Å²) in [5.41, 5.74) is 0. The van der Waals surface area contributed by atoms with Gasteiger partial charge in [-0.1, -0.05) is 0 Å². The van der Waals surface area contributed by atoms with Crippen molar-refractivity contribution in [2.24, 2.45) is 0 Å². The predicted molar refractivity (Wildman–Crippen MR) is 65.7 cm³/mol. The highest BCUT2D eigenvalue weighted by Gasteiger charge is 2.26. The fourth-order valence-corrected chi connectivity index (χ4v) is 2.40. The van der Waals surface area contributed by atoms with E-state index in [0.717, 1.165) is 24.6 Å². The third-order valence-electron chi connectivity index (χ3n) is 3.37. The summed E-state index contributed by atoms with van der Waals surface area (Å²) in [5.74, 6) is 1.80. The van der Waals surface area contributed by atoms with Gasteiger partial charge in [0.05, 0.1) is 6.04 Å². The normalized spacial score (nSPS) is 20.4. The van der Waals surface area contributed by atoms with Gasteiger partial charge >= 0.3 is 0 Å². The Morgan fingerprint density at radius 3 is 3.00 bits per heavy atom. The van der Waals surface area contributed by atoms with Crippen LogP contribution in [0.1, 0.15) is 18.9 Å². The Kier molecular flexibility index (Phi) is 2.62. The van der Waals surface area contributed by atoms with Crippen LogP contribution in [-0.4, -0.2) is 43.9 Å². The highest BCUT2D eigenvalue weighted by atomic mass is 16.2. The highest BCUT2D eigenvalue weighted by molar-refractivity contribution is 5.76. The number of nitrogens with zero attached hydrogens (tertiary/aromatic N) is 4. The van der Waals surface area contributed by atoms with Crippen molar-refractivity contribution in [2.45, 2.75) is 18.9 Å². The number of carbonyl (C=O) groups excluding carboxylic acids is 1. The Balaban J connectivity index is 1.89. The predicted octanol–water partition coefficient (Wildman–Crippen LogP) is 1.07. The molecule has 1 aliphatic rings. The number of likely N-dealkylation sites (tertiary alicyclic amines) is 1. The Morgan fingerprint density at radius 1 is 1.39 bits per heavy atom. The van der Waals surface area contributed by atoms with E-state index in [0.29, 0.717) is 6.42 Å². The van der Waals surface area contributed by atoms with Crippen LogP contribution < -0.4 is 0 Å². The molecule has 0 spiro atoms. The van der Waals surface area contributed by atoms with Gasteiger partial charge in [-0.2, -0.15) is 0 Å². The number of carbonyl (C=O) groups is 1. The van der Waals surface area contributed by atoms with Gasteiger partial charge in [-0.25, -0.2) is 9.97 Å². The smallest absolute Gasteiger partial charge is 0.222 e. The summed E-state index contributed by atoms with van der Waals surface area (Å²) in [5, 5.41) is 0. The second-order valence-electron chi connectivity index (χ2n) is 4.56. The summed E-state index contributed by atoms with van der Waals surface area (Å²) < 4.78 is 2.10. The van der Waals surface area contributed by atoms with Crippen LogP contribution in [0.3, 0.4) is 0 Å². The minimum Gasteiger partial charge on any atom is -0.344 e. The van der Waals surface area contributed by atoms with Gasteiger partial charge in [-0.05, 0) is 6.42 Å². The van der Waals surface area contributed by atoms with E-state index in [4.69, 9.17) is 0 Å². The average Bonchev–Trinajstić information content (AvgIpc) is 3.00. The maximum atomic E-state index is 11.5. The first-order valence-corrected chi connectivity index (χ1v) is 6.02. The maximum Gasteiger partial charge on any atom is 0.222 e. The van der Waals surface area contributed by atoms with E-state index < -0.39 is 0 Å². The number of piperidine rings is 1. The van der Waals surface area contributed by atoms with Crippen molar-refractivity contribution in [1.82, 2.24) is 24.4 Å². The Labute approximate surface area is 105 Å². The first-order chi connectivity index (χ1) is 8.75. The first-order valence-electron chi connectivity index (χ1n) is 6.02. The number of hydrogen-bond acceptors (Lipinski definition) is 3. The summed E-state index contributed by atoms with van der Waals surface area (Å²) in [6.45, 7) is 0.725. The van der Waals surface area contributed by atoms with Crippen molar-refractivity contribution in [2.75, 3.05) is 13.6 Å². The van der Waals surface area contributed by atoms with E-state index in [1.54, 1.807) is 23.5 Å². The number of aromatic amines is 1. The summed E-state index contributed by atoms with van der Waals surface area (Å²) in [7, 11) is 1.85. The van der Waals surface area contributed by atoms with Crippen LogP contribution >= 0.6 is 0 Å². The minimum atomic E-state index is 0.214.